The number of aromatic nitrogens is 4. The minimum absolute atomic E-state index is 0. The number of halogens is 23. The number of nitro groups is 2. The standard InChI is InChI=1S/C28H25BF3N4O3.C17H16BClF3N4O.C11H13BN3O3.C11H15BN3O.C11H10O2.C10H13N3O2.ClH.I5.I4.I3.I2.HI/c1-39-27(38)17-22-5-3-2-4-21(22)8-11-25-24(28(30,31)32)18-33-26(34-25)16-20-6-9-23(10-7-20)35-12-14-36(15-13-35)29-19-37;19-16-14(17(20,21)22)10-23-15(24-16)9-12-1-3-13(4-2-12)25-5-7-26(8-6-25)18-11-27;16-9-12-14-7-5-13(6-8-14)10-1-3-11(4-2-10)15(17)18;13-10-1-3-11(4-2-10)14-5-7-15(8-6-14)12-9-16;1-3-9-6-4-5-7-10(9)8-11(12)13-2;14-13(15)10-3-1-9(2-4-10)12-7-5-11-6-8-12;;1-4-5(2)3;1-4(2)3;1-3-2;1-2;/h2-7,9-10,18-19H,12-17H2,1H3;1-4,10-11H,5-9H2;1-4,9H,5-8H2;1-4,9H,5-8,13H2;1,4-7H,8H2,2H3;1-4,11H,5-8H2;1H;;;;;1H/q;;;;;;;-1;;-1;;. The maximum Gasteiger partial charge on any atom is 0.420 e. The van der Waals surface area contributed by atoms with E-state index in [-0.39, 0.29) is 105 Å². The van der Waals surface area contributed by atoms with Gasteiger partial charge < -0.3 is 83.4 Å². The SMILES string of the molecule is C#Cc1ccccc1CC(=O)OC.COC(=O)Cc1ccccc1C#Cc1nc(Cc2ccc(N3CCN([B]C=O)CC3)cc2)ncc1C(F)(F)F.Cl.I.II.II(I)I.I[I-]I.I[I-]I(I)I.Nc1ccc(N2CCN([B]C=O)CC2)cc1.O=C[B]N1CCN(c2ccc(Cc3ncc(C(F)(F)F)c(Cl)n3)cc2)CC1.O=C[B]N1CCN(c2ccc([N+](=O)[O-])cc2)CC1.O=[N+]([O-])c1ccc(N2CCNCC2)cc1. The Morgan fingerprint density at radius 3 is 1.09 bits per heavy atom. The maximum absolute atomic E-state index is 13.7. The van der Waals surface area contributed by atoms with E-state index >= 15 is 0 Å². The summed E-state index contributed by atoms with van der Waals surface area (Å²) in [6.07, 6.45) is 1.42. The van der Waals surface area contributed by atoms with Crippen LogP contribution in [-0.2, 0) is 76.3 Å². The van der Waals surface area contributed by atoms with Crippen LogP contribution in [0.4, 0.5) is 71.8 Å². The molecule has 0 unspecified atom stereocenters. The summed E-state index contributed by atoms with van der Waals surface area (Å²) in [4.78, 5) is 119. The third-order valence-electron chi connectivity index (χ3n) is 20.8. The second-order valence-corrected chi connectivity index (χ2v) is 160. The number of benzene rings is 7. The Kier molecular flexibility index (Phi) is 73.4. The maximum atomic E-state index is 13.7. The van der Waals surface area contributed by atoms with Gasteiger partial charge in [0.1, 0.15) is 33.6 Å². The number of nitrogen functional groups attached to an aromatic ring is 1. The predicted octanol–water partition coefficient (Wildman–Crippen LogP) is 14.6. The third-order valence-corrected chi connectivity index (χ3v) is 104. The van der Waals surface area contributed by atoms with Gasteiger partial charge in [-0.05, 0) is 113 Å². The Morgan fingerprint density at radius 2 is 0.792 bits per heavy atom. The number of carbonyl (C=O) groups excluding carboxylic acids is 6. The molecule has 0 spiro atoms. The summed E-state index contributed by atoms with van der Waals surface area (Å²) in [7, 11) is 8.28. The van der Waals surface area contributed by atoms with Gasteiger partial charge in [0.05, 0.1) is 61.6 Å². The largest absolute Gasteiger partial charge is 0.420 e. The number of anilines is 6. The Labute approximate surface area is 997 Å². The van der Waals surface area contributed by atoms with E-state index in [0.29, 0.717) is 44.1 Å². The van der Waals surface area contributed by atoms with Crippen LogP contribution in [0.15, 0.2) is 182 Å². The first-order valence-corrected chi connectivity index (χ1v) is 105. The molecule has 14 rings (SSSR count). The number of piperazine rings is 5. The first-order chi connectivity index (χ1) is 68.1. The summed E-state index contributed by atoms with van der Waals surface area (Å²) in [6, 6.07) is 50.6. The van der Waals surface area contributed by atoms with Crippen molar-refractivity contribution in [1.29, 1.82) is 0 Å². The van der Waals surface area contributed by atoms with Gasteiger partial charge >= 0.3 is 216 Å². The van der Waals surface area contributed by atoms with Crippen molar-refractivity contribution in [3.8, 4) is 24.2 Å². The van der Waals surface area contributed by atoms with Gasteiger partial charge in [-0.25, -0.2) is 19.9 Å². The molecular weight excluding hydrogens is 3620 g/mol. The number of nitro benzene ring substituents is 2. The zero-order valence-electron chi connectivity index (χ0n) is 76.4. The van der Waals surface area contributed by atoms with E-state index in [9.17, 15) is 75.3 Å². The van der Waals surface area contributed by atoms with Crippen molar-refractivity contribution in [3.63, 3.8) is 0 Å². The van der Waals surface area contributed by atoms with Crippen LogP contribution in [0, 0.1) is 44.4 Å². The Balaban J connectivity index is 0.000000448. The molecule has 4 radical (unpaired) electrons. The molecular formula is C88H94B4Cl2F6I15N17O12-2. The average Bonchev–Trinajstić information content (AvgIpc) is 0.804. The van der Waals surface area contributed by atoms with Crippen LogP contribution in [-0.4, -0.2) is 260 Å². The van der Waals surface area contributed by atoms with Gasteiger partial charge in [-0.2, -0.15) is 26.3 Å². The molecule has 144 heavy (non-hydrogen) atoms. The molecule has 29 nitrogen and oxygen atoms in total. The molecule has 0 aliphatic carbocycles. The van der Waals surface area contributed by atoms with Crippen LogP contribution in [0.2, 0.25) is 5.15 Å². The van der Waals surface area contributed by atoms with Gasteiger partial charge in [-0.15, -0.1) is 42.8 Å². The number of alkyl halides is 6. The number of carbonyl (C=O) groups is 6. The third kappa shape index (κ3) is 53.6. The smallest absolute Gasteiger partial charge is 0.399 e. The van der Waals surface area contributed by atoms with Crippen molar-refractivity contribution in [2.75, 3.05) is 175 Å². The monoisotopic (exact) mass is 3710 g/mol. The van der Waals surface area contributed by atoms with Crippen molar-refractivity contribution in [2.45, 2.75) is 38.0 Å². The number of terminal acetylenes is 1. The van der Waals surface area contributed by atoms with Crippen molar-refractivity contribution in [3.05, 3.63) is 269 Å². The van der Waals surface area contributed by atoms with E-state index in [0.717, 1.165) is 219 Å². The Bertz CT molecular complexity index is 5460. The number of non-ortho nitro benzene ring substituents is 2. The topological polar surface area (TPSA) is 326 Å². The summed E-state index contributed by atoms with van der Waals surface area (Å²) >= 11 is 31.0. The van der Waals surface area contributed by atoms with E-state index in [1.165, 1.54) is 32.0 Å². The normalized spacial score (nSPS) is 14.1. The fourth-order valence-electron chi connectivity index (χ4n) is 13.7. The van der Waals surface area contributed by atoms with Crippen molar-refractivity contribution in [2.24, 2.45) is 0 Å². The average molecular weight is 3710 g/mol. The van der Waals surface area contributed by atoms with E-state index in [4.69, 9.17) is 23.8 Å². The molecule has 5 aliphatic heterocycles. The second kappa shape index (κ2) is 77.5. The van der Waals surface area contributed by atoms with Gasteiger partial charge in [0.2, 0.25) is 0 Å². The van der Waals surface area contributed by atoms with Crippen LogP contribution in [0.1, 0.15) is 61.9 Å². The van der Waals surface area contributed by atoms with E-state index in [2.05, 4.69) is 263 Å². The minimum Gasteiger partial charge on any atom is -0.399 e. The van der Waals surface area contributed by atoms with Gasteiger partial charge in [-0.1, -0.05) is 84.1 Å². The van der Waals surface area contributed by atoms with Crippen molar-refractivity contribution < 1.29 is 101 Å². The quantitative estimate of drug-likeness (QED) is 0.00542. The van der Waals surface area contributed by atoms with Crippen LogP contribution in [0.25, 0.3) is 0 Å². The van der Waals surface area contributed by atoms with Gasteiger partial charge in [0, 0.05) is 263 Å². The Morgan fingerprint density at radius 1 is 0.500 bits per heavy atom. The summed E-state index contributed by atoms with van der Waals surface area (Å²) in [5, 5.41) is 23.7. The number of rotatable bonds is 24. The van der Waals surface area contributed by atoms with Crippen molar-refractivity contribution >= 4 is 362 Å². The fraction of sp³-hybridized carbons (Fsp3) is 0.318. The number of hydrogen-bond donors (Lipinski definition) is 2. The molecule has 3 N–H and O–H groups in total. The molecule has 0 amide bonds. The fourth-order valence-corrected chi connectivity index (χ4v) is 14.0. The molecule has 5 aliphatic rings. The van der Waals surface area contributed by atoms with Crippen LogP contribution in [0.5, 0.6) is 0 Å². The van der Waals surface area contributed by atoms with Gasteiger partial charge in [0.15, 0.2) is 0 Å². The van der Waals surface area contributed by atoms with Crippen LogP contribution < -0.4 is 62.1 Å². The van der Waals surface area contributed by atoms with E-state index in [1.807, 2.05) is 122 Å². The molecule has 778 valence electrons. The number of nitrogens with two attached hydrogens (primary N) is 1. The number of esters is 2. The summed E-state index contributed by atoms with van der Waals surface area (Å²) < 4.78 is 88.4. The summed E-state index contributed by atoms with van der Waals surface area (Å²) in [5.41, 5.74) is 13.8. The zero-order chi connectivity index (χ0) is 105. The number of nitrogens with zero attached hydrogens (tertiary/aromatic N) is 15. The molecule has 0 atom stereocenters. The van der Waals surface area contributed by atoms with Crippen LogP contribution in [0.3, 0.4) is 0 Å². The van der Waals surface area contributed by atoms with E-state index in [1.54, 1.807) is 84.3 Å². The number of ether oxygens (including phenoxy) is 2. The Hall–Kier alpha value is -1.79. The number of hydrogen-bond acceptors (Lipinski definition) is 27. The molecule has 0 bridgehead atoms. The molecule has 5 saturated heterocycles. The first-order valence-electron chi connectivity index (χ1n) is 42.0. The van der Waals surface area contributed by atoms with Crippen LogP contribution >= 0.6 is 250 Å². The molecule has 2 aromatic heterocycles. The molecule has 7 heterocycles. The minimum atomic E-state index is -4.68. The summed E-state index contributed by atoms with van der Waals surface area (Å²) in [5.74, 6) is 7.50. The van der Waals surface area contributed by atoms with Crippen molar-refractivity contribution in [1.82, 2.24) is 44.5 Å². The van der Waals surface area contributed by atoms with Gasteiger partial charge in [-0.3, -0.25) is 29.8 Å². The van der Waals surface area contributed by atoms with Gasteiger partial charge in [0.25, 0.3) is 41.0 Å². The molecule has 9 aromatic rings. The summed E-state index contributed by atoms with van der Waals surface area (Å²) in [6.45, 7) is 16.9. The number of nitrogens with one attached hydrogen (secondary N) is 1. The van der Waals surface area contributed by atoms with E-state index < -0.39 is 45.2 Å². The zero-order valence-corrected chi connectivity index (χ0v) is 111. The first kappa shape index (κ1) is 136. The molecule has 5 fully saturated rings. The predicted molar refractivity (Wildman–Crippen MR) is 674 cm³/mol. The second-order valence-electron chi connectivity index (χ2n) is 29.5. The molecule has 7 aromatic carbocycles. The number of methoxy groups -OCH3 is 2. The molecule has 56 heteroatoms. The molecule has 0 saturated carbocycles.